The van der Waals surface area contributed by atoms with Crippen molar-refractivity contribution in [2.45, 2.75) is 182 Å². The van der Waals surface area contributed by atoms with Crippen molar-refractivity contribution in [3.05, 3.63) is 0 Å². The van der Waals surface area contributed by atoms with Gasteiger partial charge in [0.2, 0.25) is 0 Å². The Hall–Kier alpha value is -1.63. The van der Waals surface area contributed by atoms with Crippen LogP contribution in [0.3, 0.4) is 0 Å². The van der Waals surface area contributed by atoms with Crippen LogP contribution in [0, 0.1) is 23.7 Å². The summed E-state index contributed by atoms with van der Waals surface area (Å²) in [5.74, 6) is 2.14. The van der Waals surface area contributed by atoms with E-state index in [1.807, 2.05) is 14.1 Å². The zero-order chi connectivity index (χ0) is 35.3. The zero-order valence-corrected chi connectivity index (χ0v) is 32.3. The highest BCUT2D eigenvalue weighted by Gasteiger charge is 2.17. The van der Waals surface area contributed by atoms with E-state index < -0.39 is 0 Å². The highest BCUT2D eigenvalue weighted by Crippen LogP contribution is 2.21. The van der Waals surface area contributed by atoms with Gasteiger partial charge in [-0.05, 0) is 109 Å². The molecule has 0 amide bonds. The Kier molecular flexibility index (Phi) is 29.4. The molecule has 0 spiro atoms. The molecule has 0 saturated heterocycles. The minimum absolute atomic E-state index is 0.0212. The molecule has 2 unspecified atom stereocenters. The maximum atomic E-state index is 12.5. The molecule has 0 aliphatic heterocycles. The summed E-state index contributed by atoms with van der Waals surface area (Å²) in [6, 6.07) is 0. The minimum atomic E-state index is -0.0815. The summed E-state index contributed by atoms with van der Waals surface area (Å²) in [5.41, 5.74) is 0. The first-order chi connectivity index (χ1) is 22.4. The number of carbonyl (C=O) groups is 3. The normalized spacial score (nSPS) is 13.0. The lowest BCUT2D eigenvalue weighted by atomic mass is 9.89. The fourth-order valence-electron chi connectivity index (χ4n) is 5.73. The predicted octanol–water partition coefficient (Wildman–Crippen LogP) is 10.3. The second kappa shape index (κ2) is 30.4. The Morgan fingerprint density at radius 2 is 1.00 bits per heavy atom. The van der Waals surface area contributed by atoms with Gasteiger partial charge in [-0.1, -0.05) is 92.9 Å². The first-order valence-corrected chi connectivity index (χ1v) is 19.6. The van der Waals surface area contributed by atoms with Crippen LogP contribution >= 0.6 is 0 Å². The Labute approximate surface area is 291 Å². The molecule has 7 nitrogen and oxygen atoms in total. The molecular formula is C40H77NO6. The fourth-order valence-corrected chi connectivity index (χ4v) is 5.73. The Morgan fingerprint density at radius 3 is 1.53 bits per heavy atom. The molecule has 0 aromatic carbocycles. The average molecular weight is 668 g/mol. The lowest BCUT2D eigenvalue weighted by molar-refractivity contribution is -0.150. The molecule has 0 aliphatic rings. The van der Waals surface area contributed by atoms with Gasteiger partial charge in [-0.25, -0.2) is 0 Å². The quantitative estimate of drug-likeness (QED) is 0.0401. The van der Waals surface area contributed by atoms with Crippen LogP contribution in [0.25, 0.3) is 0 Å². The molecule has 0 radical (unpaired) electrons. The van der Waals surface area contributed by atoms with Crippen LogP contribution in [-0.2, 0) is 28.6 Å². The monoisotopic (exact) mass is 668 g/mol. The van der Waals surface area contributed by atoms with Crippen LogP contribution in [0.4, 0.5) is 0 Å². The summed E-state index contributed by atoms with van der Waals surface area (Å²) in [6.07, 6.45) is 19.8. The molecule has 0 bridgehead atoms. The van der Waals surface area contributed by atoms with Gasteiger partial charge in [0.25, 0.3) is 0 Å². The third kappa shape index (κ3) is 31.4. The summed E-state index contributed by atoms with van der Waals surface area (Å²) in [4.78, 5) is 38.9. The van der Waals surface area contributed by atoms with E-state index in [1.54, 1.807) is 0 Å². The molecule has 278 valence electrons. The van der Waals surface area contributed by atoms with E-state index in [-0.39, 0.29) is 24.0 Å². The SMILES string of the molecule is CC(C)CCCCOC(=O)CCCCCCCC(CCCCCCCC(=O)OCC(CCC(C)C)C(C)C)OC(=O)CCCN(C)C. The third-order valence-electron chi connectivity index (χ3n) is 9.05. The highest BCUT2D eigenvalue weighted by atomic mass is 16.5. The molecule has 2 atom stereocenters. The smallest absolute Gasteiger partial charge is 0.306 e. The standard InChI is InChI=1S/C40H77NO6/c1-33(2)22-19-20-31-45-38(42)25-17-13-9-11-15-23-37(47-40(44)27-21-30-41(7)8)24-16-12-10-14-18-26-39(43)46-32-36(35(5)6)29-28-34(3)4/h33-37H,9-32H2,1-8H3. The predicted molar refractivity (Wildman–Crippen MR) is 195 cm³/mol. The van der Waals surface area contributed by atoms with Gasteiger partial charge in [-0.3, -0.25) is 14.4 Å². The number of carbonyl (C=O) groups excluding carboxylic acids is 3. The van der Waals surface area contributed by atoms with E-state index in [4.69, 9.17) is 14.2 Å². The van der Waals surface area contributed by atoms with Crippen molar-refractivity contribution in [3.63, 3.8) is 0 Å². The first kappa shape index (κ1) is 45.4. The minimum Gasteiger partial charge on any atom is -0.466 e. The van der Waals surface area contributed by atoms with E-state index in [2.05, 4.69) is 46.4 Å². The number of hydrogen-bond donors (Lipinski definition) is 0. The highest BCUT2D eigenvalue weighted by molar-refractivity contribution is 5.70. The van der Waals surface area contributed by atoms with E-state index in [1.165, 1.54) is 12.8 Å². The molecule has 0 heterocycles. The largest absolute Gasteiger partial charge is 0.466 e. The van der Waals surface area contributed by atoms with Crippen LogP contribution in [-0.4, -0.2) is 62.8 Å². The van der Waals surface area contributed by atoms with Crippen LogP contribution in [0.5, 0.6) is 0 Å². The number of rotatable bonds is 32. The van der Waals surface area contributed by atoms with Crippen molar-refractivity contribution in [2.75, 3.05) is 33.9 Å². The molecule has 0 N–H and O–H groups in total. The topological polar surface area (TPSA) is 82.1 Å². The Bertz CT molecular complexity index is 766. The number of nitrogens with zero attached hydrogens (tertiary/aromatic N) is 1. The third-order valence-corrected chi connectivity index (χ3v) is 9.05. The van der Waals surface area contributed by atoms with Gasteiger partial charge >= 0.3 is 17.9 Å². The first-order valence-electron chi connectivity index (χ1n) is 19.6. The second-order valence-electron chi connectivity index (χ2n) is 15.4. The lowest BCUT2D eigenvalue weighted by Gasteiger charge is -2.21. The maximum absolute atomic E-state index is 12.5. The number of esters is 3. The maximum Gasteiger partial charge on any atom is 0.306 e. The van der Waals surface area contributed by atoms with E-state index >= 15 is 0 Å². The van der Waals surface area contributed by atoms with Crippen molar-refractivity contribution < 1.29 is 28.6 Å². The van der Waals surface area contributed by atoms with E-state index in [9.17, 15) is 14.4 Å². The van der Waals surface area contributed by atoms with Crippen LogP contribution < -0.4 is 0 Å². The van der Waals surface area contributed by atoms with Crippen molar-refractivity contribution in [2.24, 2.45) is 23.7 Å². The molecule has 0 fully saturated rings. The summed E-state index contributed by atoms with van der Waals surface area (Å²) in [7, 11) is 4.04. The van der Waals surface area contributed by atoms with Gasteiger partial charge < -0.3 is 19.1 Å². The van der Waals surface area contributed by atoms with Crippen LogP contribution in [0.15, 0.2) is 0 Å². The molecule has 47 heavy (non-hydrogen) atoms. The van der Waals surface area contributed by atoms with Crippen molar-refractivity contribution >= 4 is 17.9 Å². The number of unbranched alkanes of at least 4 members (excludes halogenated alkanes) is 9. The van der Waals surface area contributed by atoms with E-state index in [0.29, 0.717) is 56.1 Å². The van der Waals surface area contributed by atoms with Crippen LogP contribution in [0.2, 0.25) is 0 Å². The van der Waals surface area contributed by atoms with Crippen LogP contribution in [0.1, 0.15) is 176 Å². The fraction of sp³-hybridized carbons (Fsp3) is 0.925. The van der Waals surface area contributed by atoms with Crippen molar-refractivity contribution in [1.29, 1.82) is 0 Å². The summed E-state index contributed by atoms with van der Waals surface area (Å²) >= 11 is 0. The Morgan fingerprint density at radius 1 is 0.511 bits per heavy atom. The van der Waals surface area contributed by atoms with Gasteiger partial charge in [-0.15, -0.1) is 0 Å². The van der Waals surface area contributed by atoms with Crippen molar-refractivity contribution in [1.82, 2.24) is 4.90 Å². The van der Waals surface area contributed by atoms with Gasteiger partial charge in [0, 0.05) is 19.3 Å². The Balaban J connectivity index is 4.24. The zero-order valence-electron chi connectivity index (χ0n) is 32.3. The number of ether oxygens (including phenoxy) is 3. The summed E-state index contributed by atoms with van der Waals surface area (Å²) in [6.45, 7) is 15.3. The molecular weight excluding hydrogens is 590 g/mol. The lowest BCUT2D eigenvalue weighted by Crippen LogP contribution is -2.20. The summed E-state index contributed by atoms with van der Waals surface area (Å²) in [5, 5.41) is 0. The second-order valence-corrected chi connectivity index (χ2v) is 15.4. The van der Waals surface area contributed by atoms with Gasteiger partial charge in [0.1, 0.15) is 6.10 Å². The molecule has 0 aromatic rings. The van der Waals surface area contributed by atoms with E-state index in [0.717, 1.165) is 109 Å². The molecule has 0 aromatic heterocycles. The molecule has 0 aliphatic carbocycles. The van der Waals surface area contributed by atoms with Gasteiger partial charge in [-0.2, -0.15) is 0 Å². The summed E-state index contributed by atoms with van der Waals surface area (Å²) < 4.78 is 16.9. The van der Waals surface area contributed by atoms with Gasteiger partial charge in [0.05, 0.1) is 13.2 Å². The molecule has 0 saturated carbocycles. The molecule has 0 rings (SSSR count). The van der Waals surface area contributed by atoms with Crippen molar-refractivity contribution in [3.8, 4) is 0 Å². The van der Waals surface area contributed by atoms with Gasteiger partial charge in [0.15, 0.2) is 0 Å². The number of hydrogen-bond acceptors (Lipinski definition) is 7. The molecule has 7 heteroatoms. The average Bonchev–Trinajstić information content (AvgIpc) is 2.98.